The van der Waals surface area contributed by atoms with Crippen molar-refractivity contribution in [3.05, 3.63) is 5.82 Å². The first-order valence-electron chi connectivity index (χ1n) is 4.55. The molecule has 0 aromatic carbocycles. The Bertz CT molecular complexity index is 403. The molecule has 0 aliphatic carbocycles. The van der Waals surface area contributed by atoms with E-state index in [2.05, 4.69) is 20.0 Å². The van der Waals surface area contributed by atoms with Gasteiger partial charge >= 0.3 is 0 Å². The number of aromatic nitrogens is 2. The first kappa shape index (κ1) is 10.0. The molecule has 7 heteroatoms. The zero-order chi connectivity index (χ0) is 10.8. The number of carbonyl (C=O) groups is 2. The monoisotopic (exact) mass is 226 g/mol. The number of nitrogens with one attached hydrogen (secondary N) is 2. The van der Waals surface area contributed by atoms with Crippen molar-refractivity contribution in [3.8, 4) is 0 Å². The third-order valence-corrected chi connectivity index (χ3v) is 2.80. The van der Waals surface area contributed by atoms with Gasteiger partial charge in [-0.1, -0.05) is 0 Å². The van der Waals surface area contributed by atoms with Crippen molar-refractivity contribution in [1.29, 1.82) is 0 Å². The summed E-state index contributed by atoms with van der Waals surface area (Å²) in [4.78, 5) is 26.4. The van der Waals surface area contributed by atoms with Gasteiger partial charge in [-0.2, -0.15) is 4.37 Å². The maximum absolute atomic E-state index is 11.4. The van der Waals surface area contributed by atoms with Crippen molar-refractivity contribution < 1.29 is 9.59 Å². The molecule has 2 heterocycles. The largest absolute Gasteiger partial charge is 0.348 e. The third kappa shape index (κ3) is 2.30. The molecule has 1 aromatic heterocycles. The molecule has 1 fully saturated rings. The summed E-state index contributed by atoms with van der Waals surface area (Å²) >= 11 is 1.21. The number of nitrogens with zero attached hydrogens (tertiary/aromatic N) is 2. The van der Waals surface area contributed by atoms with Gasteiger partial charge < -0.3 is 5.32 Å². The van der Waals surface area contributed by atoms with Crippen molar-refractivity contribution in [2.75, 3.05) is 5.32 Å². The summed E-state index contributed by atoms with van der Waals surface area (Å²) in [6.07, 6.45) is 0.866. The second kappa shape index (κ2) is 3.93. The van der Waals surface area contributed by atoms with Crippen molar-refractivity contribution in [3.63, 3.8) is 0 Å². The molecular weight excluding hydrogens is 216 g/mol. The summed E-state index contributed by atoms with van der Waals surface area (Å²) < 4.78 is 3.99. The molecule has 80 valence electrons. The molecule has 2 N–H and O–H groups in total. The maximum atomic E-state index is 11.4. The highest BCUT2D eigenvalue weighted by molar-refractivity contribution is 7.09. The normalized spacial score (nSPS) is 21.3. The Labute approximate surface area is 90.3 Å². The number of imide groups is 1. The van der Waals surface area contributed by atoms with E-state index in [1.54, 1.807) is 6.92 Å². The summed E-state index contributed by atoms with van der Waals surface area (Å²) in [6, 6.07) is -0.380. The van der Waals surface area contributed by atoms with E-state index in [4.69, 9.17) is 0 Å². The highest BCUT2D eigenvalue weighted by atomic mass is 32.1. The van der Waals surface area contributed by atoms with Gasteiger partial charge in [0.15, 0.2) is 0 Å². The molecule has 0 bridgehead atoms. The Balaban J connectivity index is 2.00. The zero-order valence-corrected chi connectivity index (χ0v) is 8.93. The van der Waals surface area contributed by atoms with E-state index in [-0.39, 0.29) is 17.9 Å². The molecule has 1 aliphatic heterocycles. The van der Waals surface area contributed by atoms with Gasteiger partial charge in [-0.25, -0.2) is 4.98 Å². The summed E-state index contributed by atoms with van der Waals surface area (Å²) in [6.45, 7) is 1.78. The Morgan fingerprint density at radius 3 is 2.93 bits per heavy atom. The number of hydrogen-bond acceptors (Lipinski definition) is 6. The fourth-order valence-electron chi connectivity index (χ4n) is 1.34. The van der Waals surface area contributed by atoms with Crippen molar-refractivity contribution in [2.24, 2.45) is 0 Å². The van der Waals surface area contributed by atoms with Crippen LogP contribution in [0.25, 0.3) is 0 Å². The Hall–Kier alpha value is -1.50. The van der Waals surface area contributed by atoms with Gasteiger partial charge in [0.25, 0.3) is 0 Å². The highest BCUT2D eigenvalue weighted by Crippen LogP contribution is 2.15. The lowest BCUT2D eigenvalue weighted by Crippen LogP contribution is -2.47. The van der Waals surface area contributed by atoms with Crippen LogP contribution in [-0.4, -0.2) is 27.2 Å². The van der Waals surface area contributed by atoms with E-state index in [1.165, 1.54) is 11.5 Å². The lowest BCUT2D eigenvalue weighted by Gasteiger charge is -2.20. The van der Waals surface area contributed by atoms with E-state index in [0.29, 0.717) is 23.8 Å². The number of aryl methyl sites for hydroxylation is 1. The lowest BCUT2D eigenvalue weighted by molar-refractivity contribution is -0.133. The van der Waals surface area contributed by atoms with Gasteiger partial charge in [0.05, 0.1) is 0 Å². The van der Waals surface area contributed by atoms with Gasteiger partial charge in [0.2, 0.25) is 16.9 Å². The number of amides is 2. The molecule has 1 unspecified atom stereocenters. The molecule has 2 amide bonds. The molecule has 0 saturated carbocycles. The van der Waals surface area contributed by atoms with Crippen LogP contribution in [0, 0.1) is 6.92 Å². The van der Waals surface area contributed by atoms with E-state index >= 15 is 0 Å². The topological polar surface area (TPSA) is 84.0 Å². The van der Waals surface area contributed by atoms with Gasteiger partial charge in [0, 0.05) is 18.0 Å². The summed E-state index contributed by atoms with van der Waals surface area (Å²) in [5.41, 5.74) is 0. The highest BCUT2D eigenvalue weighted by Gasteiger charge is 2.26. The van der Waals surface area contributed by atoms with E-state index in [9.17, 15) is 9.59 Å². The average molecular weight is 226 g/mol. The van der Waals surface area contributed by atoms with Crippen molar-refractivity contribution in [1.82, 2.24) is 14.7 Å². The van der Waals surface area contributed by atoms with Crippen molar-refractivity contribution in [2.45, 2.75) is 25.8 Å². The number of anilines is 1. The number of carbonyl (C=O) groups excluding carboxylic acids is 2. The molecule has 1 atom stereocenters. The predicted molar refractivity (Wildman–Crippen MR) is 54.4 cm³/mol. The van der Waals surface area contributed by atoms with Gasteiger partial charge in [-0.3, -0.25) is 14.9 Å². The minimum atomic E-state index is -0.380. The SMILES string of the molecule is Cc1nsc(NC2CCC(=O)NC2=O)n1. The Kier molecular flexibility index (Phi) is 2.63. The summed E-state index contributed by atoms with van der Waals surface area (Å²) in [5.74, 6) is 0.167. The summed E-state index contributed by atoms with van der Waals surface area (Å²) in [5, 5.41) is 5.84. The molecule has 2 rings (SSSR count). The van der Waals surface area contributed by atoms with Gasteiger partial charge in [0.1, 0.15) is 11.9 Å². The Morgan fingerprint density at radius 1 is 1.53 bits per heavy atom. The van der Waals surface area contributed by atoms with Crippen LogP contribution in [0.2, 0.25) is 0 Å². The fraction of sp³-hybridized carbons (Fsp3) is 0.500. The van der Waals surface area contributed by atoms with Crippen LogP contribution in [0.4, 0.5) is 5.13 Å². The minimum absolute atomic E-state index is 0.216. The summed E-state index contributed by atoms with van der Waals surface area (Å²) in [7, 11) is 0. The van der Waals surface area contributed by atoms with E-state index in [0.717, 1.165) is 0 Å². The smallest absolute Gasteiger partial charge is 0.249 e. The number of piperidine rings is 1. The van der Waals surface area contributed by atoms with Crippen LogP contribution >= 0.6 is 11.5 Å². The first-order valence-corrected chi connectivity index (χ1v) is 5.33. The standard InChI is InChI=1S/C8H10N4O2S/c1-4-9-8(15-12-4)10-5-2-3-6(13)11-7(5)14/h5H,2-3H2,1H3,(H,9,10,12)(H,11,13,14). The molecule has 15 heavy (non-hydrogen) atoms. The van der Waals surface area contributed by atoms with Gasteiger partial charge in [-0.15, -0.1) is 0 Å². The van der Waals surface area contributed by atoms with E-state index in [1.807, 2.05) is 0 Å². The number of hydrogen-bond donors (Lipinski definition) is 2. The van der Waals surface area contributed by atoms with E-state index < -0.39 is 0 Å². The average Bonchev–Trinajstić information content (AvgIpc) is 2.56. The molecule has 0 spiro atoms. The first-order chi connectivity index (χ1) is 7.15. The van der Waals surface area contributed by atoms with Crippen LogP contribution in [0.1, 0.15) is 18.7 Å². The molecule has 0 radical (unpaired) electrons. The minimum Gasteiger partial charge on any atom is -0.348 e. The molecule has 6 nitrogen and oxygen atoms in total. The van der Waals surface area contributed by atoms with Crippen LogP contribution in [0.5, 0.6) is 0 Å². The predicted octanol–water partition coefficient (Wildman–Crippen LogP) is 0.0636. The number of rotatable bonds is 2. The quantitative estimate of drug-likeness (QED) is 0.697. The van der Waals surface area contributed by atoms with Crippen LogP contribution in [0.3, 0.4) is 0 Å². The maximum Gasteiger partial charge on any atom is 0.249 e. The Morgan fingerprint density at radius 2 is 2.33 bits per heavy atom. The molecular formula is C8H10N4O2S. The molecule has 1 aromatic rings. The van der Waals surface area contributed by atoms with Crippen LogP contribution < -0.4 is 10.6 Å². The lowest BCUT2D eigenvalue weighted by atomic mass is 10.1. The second-order valence-corrected chi connectivity index (χ2v) is 4.05. The zero-order valence-electron chi connectivity index (χ0n) is 8.11. The third-order valence-electron chi connectivity index (χ3n) is 2.06. The van der Waals surface area contributed by atoms with Crippen LogP contribution in [0.15, 0.2) is 0 Å². The molecule has 1 aliphatic rings. The van der Waals surface area contributed by atoms with Crippen LogP contribution in [-0.2, 0) is 9.59 Å². The second-order valence-electron chi connectivity index (χ2n) is 3.29. The van der Waals surface area contributed by atoms with Crippen molar-refractivity contribution >= 4 is 28.5 Å². The molecule has 1 saturated heterocycles. The van der Waals surface area contributed by atoms with Gasteiger partial charge in [-0.05, 0) is 13.3 Å². The fourth-order valence-corrected chi connectivity index (χ4v) is 1.96.